The molecule has 3 rings (SSSR count). The predicted octanol–water partition coefficient (Wildman–Crippen LogP) is 4.86. The lowest BCUT2D eigenvalue weighted by atomic mass is 10.2. The van der Waals surface area contributed by atoms with Crippen LogP contribution in [0.1, 0.15) is 21.5 Å². The largest absolute Gasteiger partial charge is 0.488 e. The van der Waals surface area contributed by atoms with Crippen molar-refractivity contribution >= 4 is 33.7 Å². The van der Waals surface area contributed by atoms with E-state index in [0.717, 1.165) is 21.3 Å². The van der Waals surface area contributed by atoms with Crippen LogP contribution in [0.15, 0.2) is 82.4 Å². The number of halogens is 1. The highest BCUT2D eigenvalue weighted by Crippen LogP contribution is 2.24. The Morgan fingerprint density at radius 1 is 1.07 bits per heavy atom. The third-order valence-electron chi connectivity index (χ3n) is 4.21. The van der Waals surface area contributed by atoms with Gasteiger partial charge >= 0.3 is 0 Å². The number of carbonyl (C=O) groups excluding carboxylic acids is 1. The van der Waals surface area contributed by atoms with Crippen LogP contribution in [0.3, 0.4) is 0 Å². The van der Waals surface area contributed by atoms with E-state index in [2.05, 4.69) is 26.5 Å². The Kier molecular flexibility index (Phi) is 7.03. The molecular formula is C23H22BrN3O2. The van der Waals surface area contributed by atoms with Gasteiger partial charge in [-0.2, -0.15) is 5.10 Å². The van der Waals surface area contributed by atoms with Gasteiger partial charge in [0, 0.05) is 24.3 Å². The van der Waals surface area contributed by atoms with E-state index in [0.29, 0.717) is 17.9 Å². The van der Waals surface area contributed by atoms with Gasteiger partial charge < -0.3 is 9.64 Å². The number of benzene rings is 3. The number of amides is 1. The van der Waals surface area contributed by atoms with Crippen LogP contribution in [0, 0.1) is 0 Å². The van der Waals surface area contributed by atoms with Crippen molar-refractivity contribution in [3.05, 3.63) is 94.0 Å². The van der Waals surface area contributed by atoms with Crippen LogP contribution in [0.4, 0.5) is 5.69 Å². The first kappa shape index (κ1) is 20.6. The first-order valence-electron chi connectivity index (χ1n) is 9.10. The summed E-state index contributed by atoms with van der Waals surface area (Å²) in [6.07, 6.45) is 1.61. The van der Waals surface area contributed by atoms with Crippen molar-refractivity contribution in [1.29, 1.82) is 0 Å². The van der Waals surface area contributed by atoms with Gasteiger partial charge in [-0.15, -0.1) is 0 Å². The van der Waals surface area contributed by atoms with E-state index in [1.54, 1.807) is 18.3 Å². The van der Waals surface area contributed by atoms with Crippen molar-refractivity contribution in [2.75, 3.05) is 19.0 Å². The molecule has 0 aliphatic heterocycles. The van der Waals surface area contributed by atoms with Gasteiger partial charge in [-0.25, -0.2) is 5.43 Å². The highest BCUT2D eigenvalue weighted by atomic mass is 79.9. The topological polar surface area (TPSA) is 53.9 Å². The standard InChI is InChI=1S/C23H22BrN3O2/c1-27(2)20-11-8-17(9-12-20)15-25-26-23(28)21-14-19(24)10-13-22(21)29-16-18-6-4-3-5-7-18/h3-15H,16H2,1-2H3,(H,26,28). The van der Waals surface area contributed by atoms with Crippen molar-refractivity contribution in [3.63, 3.8) is 0 Å². The monoisotopic (exact) mass is 451 g/mol. The number of anilines is 1. The summed E-state index contributed by atoms with van der Waals surface area (Å²) in [5.41, 5.74) is 6.00. The number of rotatable bonds is 7. The van der Waals surface area contributed by atoms with Crippen molar-refractivity contribution < 1.29 is 9.53 Å². The minimum Gasteiger partial charge on any atom is -0.488 e. The number of carbonyl (C=O) groups is 1. The van der Waals surface area contributed by atoms with Gasteiger partial charge in [0.2, 0.25) is 0 Å². The summed E-state index contributed by atoms with van der Waals surface area (Å²) in [6, 6.07) is 23.0. The Bertz CT molecular complexity index is 987. The fourth-order valence-electron chi connectivity index (χ4n) is 2.63. The van der Waals surface area contributed by atoms with Gasteiger partial charge in [0.15, 0.2) is 0 Å². The van der Waals surface area contributed by atoms with Gasteiger partial charge in [-0.1, -0.05) is 58.4 Å². The van der Waals surface area contributed by atoms with Crippen molar-refractivity contribution in [1.82, 2.24) is 5.43 Å². The molecule has 0 aliphatic carbocycles. The highest BCUT2D eigenvalue weighted by molar-refractivity contribution is 9.10. The Labute approximate surface area is 179 Å². The summed E-state index contributed by atoms with van der Waals surface area (Å²) in [5.74, 6) is 0.163. The summed E-state index contributed by atoms with van der Waals surface area (Å²) in [4.78, 5) is 14.7. The molecule has 0 radical (unpaired) electrons. The smallest absolute Gasteiger partial charge is 0.275 e. The normalized spacial score (nSPS) is 10.7. The second kappa shape index (κ2) is 9.89. The molecule has 0 spiro atoms. The molecule has 0 saturated carbocycles. The van der Waals surface area contributed by atoms with Gasteiger partial charge in [-0.05, 0) is 41.5 Å². The Morgan fingerprint density at radius 3 is 2.48 bits per heavy atom. The molecule has 0 atom stereocenters. The lowest BCUT2D eigenvalue weighted by molar-refractivity contribution is 0.0950. The quantitative estimate of drug-likeness (QED) is 0.412. The van der Waals surface area contributed by atoms with Gasteiger partial charge in [-0.3, -0.25) is 4.79 Å². The van der Waals surface area contributed by atoms with Crippen LogP contribution in [-0.2, 0) is 6.61 Å². The Morgan fingerprint density at radius 2 is 1.79 bits per heavy atom. The van der Waals surface area contributed by atoms with Crippen molar-refractivity contribution in [2.45, 2.75) is 6.61 Å². The summed E-state index contributed by atoms with van der Waals surface area (Å²) < 4.78 is 6.65. The third kappa shape index (κ3) is 5.93. The zero-order chi connectivity index (χ0) is 20.6. The molecule has 0 aliphatic rings. The number of hydrogen-bond donors (Lipinski definition) is 1. The van der Waals surface area contributed by atoms with E-state index in [1.165, 1.54) is 0 Å². The highest BCUT2D eigenvalue weighted by Gasteiger charge is 2.13. The van der Waals surface area contributed by atoms with Gasteiger partial charge in [0.05, 0.1) is 11.8 Å². The maximum atomic E-state index is 12.6. The number of hydrogen-bond acceptors (Lipinski definition) is 4. The minimum absolute atomic E-state index is 0.337. The number of nitrogens with zero attached hydrogens (tertiary/aromatic N) is 2. The second-order valence-corrected chi connectivity index (χ2v) is 7.52. The van der Waals surface area contributed by atoms with E-state index in [-0.39, 0.29) is 5.91 Å². The van der Waals surface area contributed by atoms with E-state index >= 15 is 0 Å². The molecule has 3 aromatic rings. The molecular weight excluding hydrogens is 430 g/mol. The zero-order valence-electron chi connectivity index (χ0n) is 16.3. The summed E-state index contributed by atoms with van der Waals surface area (Å²) in [5, 5.41) is 4.07. The maximum Gasteiger partial charge on any atom is 0.275 e. The summed E-state index contributed by atoms with van der Waals surface area (Å²) >= 11 is 3.41. The molecule has 6 heteroatoms. The predicted molar refractivity (Wildman–Crippen MR) is 121 cm³/mol. The number of hydrazone groups is 1. The van der Waals surface area contributed by atoms with Crippen LogP contribution in [0.5, 0.6) is 5.75 Å². The summed E-state index contributed by atoms with van der Waals surface area (Å²) in [7, 11) is 3.97. The molecule has 3 aromatic carbocycles. The zero-order valence-corrected chi connectivity index (χ0v) is 17.9. The van der Waals surface area contributed by atoms with E-state index in [9.17, 15) is 4.79 Å². The SMILES string of the molecule is CN(C)c1ccc(C=NNC(=O)c2cc(Br)ccc2OCc2ccccc2)cc1. The maximum absolute atomic E-state index is 12.6. The molecule has 29 heavy (non-hydrogen) atoms. The molecule has 0 heterocycles. The molecule has 0 fully saturated rings. The number of nitrogens with one attached hydrogen (secondary N) is 1. The molecule has 148 valence electrons. The van der Waals surface area contributed by atoms with Crippen LogP contribution in [0.25, 0.3) is 0 Å². The second-order valence-electron chi connectivity index (χ2n) is 6.60. The first-order valence-corrected chi connectivity index (χ1v) is 9.89. The molecule has 5 nitrogen and oxygen atoms in total. The van der Waals surface area contributed by atoms with Crippen molar-refractivity contribution in [2.24, 2.45) is 5.10 Å². The average Bonchev–Trinajstić information content (AvgIpc) is 2.74. The molecule has 0 aromatic heterocycles. The van der Waals surface area contributed by atoms with E-state index in [4.69, 9.17) is 4.74 Å². The van der Waals surface area contributed by atoms with E-state index in [1.807, 2.05) is 79.7 Å². The minimum atomic E-state index is -0.337. The molecule has 1 amide bonds. The van der Waals surface area contributed by atoms with Crippen LogP contribution in [-0.4, -0.2) is 26.2 Å². The molecule has 0 saturated heterocycles. The average molecular weight is 452 g/mol. The fourth-order valence-corrected chi connectivity index (χ4v) is 2.99. The lowest BCUT2D eigenvalue weighted by Gasteiger charge is -2.12. The fraction of sp³-hybridized carbons (Fsp3) is 0.130. The van der Waals surface area contributed by atoms with Crippen LogP contribution >= 0.6 is 15.9 Å². The van der Waals surface area contributed by atoms with E-state index < -0.39 is 0 Å². The number of ether oxygens (including phenoxy) is 1. The van der Waals surface area contributed by atoms with Gasteiger partial charge in [0.25, 0.3) is 5.91 Å². The molecule has 0 unspecified atom stereocenters. The van der Waals surface area contributed by atoms with Crippen LogP contribution in [0.2, 0.25) is 0 Å². The summed E-state index contributed by atoms with van der Waals surface area (Å²) in [6.45, 7) is 0.379. The molecule has 1 N–H and O–H groups in total. The van der Waals surface area contributed by atoms with Gasteiger partial charge in [0.1, 0.15) is 12.4 Å². The Balaban J connectivity index is 1.67. The van der Waals surface area contributed by atoms with Crippen molar-refractivity contribution in [3.8, 4) is 5.75 Å². The van der Waals surface area contributed by atoms with Crippen LogP contribution < -0.4 is 15.1 Å². The Hall–Kier alpha value is -3.12. The molecule has 0 bridgehead atoms. The first-order chi connectivity index (χ1) is 14.0. The lowest BCUT2D eigenvalue weighted by Crippen LogP contribution is -2.19. The third-order valence-corrected chi connectivity index (χ3v) is 4.71.